The summed E-state index contributed by atoms with van der Waals surface area (Å²) in [5.41, 5.74) is 0. The van der Waals surface area contributed by atoms with Crippen LogP contribution >= 0.6 is 0 Å². The van der Waals surface area contributed by atoms with Gasteiger partial charge in [0.05, 0.1) is 5.75 Å². The fourth-order valence-corrected chi connectivity index (χ4v) is 3.76. The highest BCUT2D eigenvalue weighted by atomic mass is 32.2. The first-order valence-corrected chi connectivity index (χ1v) is 9.05. The van der Waals surface area contributed by atoms with Crippen molar-refractivity contribution in [2.45, 2.75) is 58.2 Å². The van der Waals surface area contributed by atoms with E-state index in [-0.39, 0.29) is 11.8 Å². The molecular formula is C13H28N2O2S. The minimum absolute atomic E-state index is 0.128. The van der Waals surface area contributed by atoms with Gasteiger partial charge in [-0.05, 0) is 46.2 Å². The van der Waals surface area contributed by atoms with Crippen molar-refractivity contribution in [3.05, 3.63) is 0 Å². The van der Waals surface area contributed by atoms with E-state index >= 15 is 0 Å². The number of sulfone groups is 1. The van der Waals surface area contributed by atoms with E-state index in [1.165, 1.54) is 6.26 Å². The quantitative estimate of drug-likeness (QED) is 0.840. The Labute approximate surface area is 112 Å². The highest BCUT2D eigenvalue weighted by molar-refractivity contribution is 7.90. The van der Waals surface area contributed by atoms with Crippen LogP contribution in [-0.4, -0.2) is 56.5 Å². The molecule has 3 unspecified atom stereocenters. The van der Waals surface area contributed by atoms with E-state index < -0.39 is 9.84 Å². The Morgan fingerprint density at radius 3 is 2.50 bits per heavy atom. The second-order valence-corrected chi connectivity index (χ2v) is 7.91. The van der Waals surface area contributed by atoms with Crippen molar-refractivity contribution < 1.29 is 8.42 Å². The molecule has 0 spiro atoms. The van der Waals surface area contributed by atoms with Crippen LogP contribution in [0.2, 0.25) is 0 Å². The largest absolute Gasteiger partial charge is 0.311 e. The summed E-state index contributed by atoms with van der Waals surface area (Å²) in [5, 5.41) is 3.63. The summed E-state index contributed by atoms with van der Waals surface area (Å²) in [7, 11) is -2.88. The molecule has 0 aromatic heterocycles. The van der Waals surface area contributed by atoms with Gasteiger partial charge in [0.25, 0.3) is 0 Å². The molecule has 0 aromatic carbocycles. The minimum Gasteiger partial charge on any atom is -0.311 e. The number of hydrogen-bond donors (Lipinski definition) is 1. The average molecular weight is 276 g/mol. The van der Waals surface area contributed by atoms with Crippen LogP contribution in [0.1, 0.15) is 40.0 Å². The van der Waals surface area contributed by atoms with Crippen LogP contribution in [0, 0.1) is 0 Å². The minimum atomic E-state index is -2.88. The SMILES string of the molecule is CCC1CCN(C(C)CS(C)(=O)=O)CCC(C)N1. The number of rotatable bonds is 4. The van der Waals surface area contributed by atoms with Gasteiger partial charge in [-0.15, -0.1) is 0 Å². The first-order valence-electron chi connectivity index (χ1n) is 6.99. The van der Waals surface area contributed by atoms with Crippen molar-refractivity contribution >= 4 is 9.84 Å². The second kappa shape index (κ2) is 6.87. The summed E-state index contributed by atoms with van der Waals surface area (Å²) < 4.78 is 22.8. The van der Waals surface area contributed by atoms with Crippen LogP contribution in [0.25, 0.3) is 0 Å². The third-order valence-electron chi connectivity index (χ3n) is 3.79. The average Bonchev–Trinajstić information content (AvgIpc) is 2.21. The Morgan fingerprint density at radius 1 is 1.33 bits per heavy atom. The maximum absolute atomic E-state index is 11.4. The first kappa shape index (κ1) is 15.9. The van der Waals surface area contributed by atoms with Crippen molar-refractivity contribution in [2.24, 2.45) is 0 Å². The maximum atomic E-state index is 11.4. The lowest BCUT2D eigenvalue weighted by atomic mass is 10.0. The van der Waals surface area contributed by atoms with E-state index in [9.17, 15) is 8.42 Å². The van der Waals surface area contributed by atoms with Crippen LogP contribution in [0.4, 0.5) is 0 Å². The van der Waals surface area contributed by atoms with E-state index in [0.29, 0.717) is 12.1 Å². The summed E-state index contributed by atoms with van der Waals surface area (Å²) >= 11 is 0. The summed E-state index contributed by atoms with van der Waals surface area (Å²) in [6.07, 6.45) is 4.66. The molecule has 3 atom stereocenters. The predicted molar refractivity (Wildman–Crippen MR) is 76.7 cm³/mol. The van der Waals surface area contributed by atoms with Gasteiger partial charge in [-0.3, -0.25) is 4.90 Å². The number of nitrogens with one attached hydrogen (secondary N) is 1. The zero-order chi connectivity index (χ0) is 13.8. The molecule has 0 aliphatic carbocycles. The molecule has 1 N–H and O–H groups in total. The molecule has 0 bridgehead atoms. The monoisotopic (exact) mass is 276 g/mol. The molecule has 1 fully saturated rings. The standard InChI is InChI=1S/C13H28N2O2S/c1-5-13-7-9-15(8-6-11(2)14-13)12(3)10-18(4,16)17/h11-14H,5-10H2,1-4H3. The lowest BCUT2D eigenvalue weighted by Gasteiger charge is -2.35. The highest BCUT2D eigenvalue weighted by Gasteiger charge is 2.22. The fourth-order valence-electron chi connectivity index (χ4n) is 2.67. The number of hydrogen-bond acceptors (Lipinski definition) is 4. The van der Waals surface area contributed by atoms with Crippen LogP contribution in [0.3, 0.4) is 0 Å². The molecular weight excluding hydrogens is 248 g/mol. The predicted octanol–water partition coefficient (Wildman–Crippen LogP) is 1.27. The highest BCUT2D eigenvalue weighted by Crippen LogP contribution is 2.12. The van der Waals surface area contributed by atoms with E-state index in [2.05, 4.69) is 24.1 Å². The molecule has 1 heterocycles. The lowest BCUT2D eigenvalue weighted by molar-refractivity contribution is 0.178. The normalized spacial score (nSPS) is 29.6. The van der Waals surface area contributed by atoms with E-state index in [1.807, 2.05) is 6.92 Å². The van der Waals surface area contributed by atoms with Gasteiger partial charge in [0.15, 0.2) is 0 Å². The van der Waals surface area contributed by atoms with Crippen molar-refractivity contribution in [3.8, 4) is 0 Å². The van der Waals surface area contributed by atoms with Crippen molar-refractivity contribution in [1.82, 2.24) is 10.2 Å². The zero-order valence-corrected chi connectivity index (χ0v) is 13.0. The van der Waals surface area contributed by atoms with Gasteiger partial charge in [-0.1, -0.05) is 6.92 Å². The van der Waals surface area contributed by atoms with Crippen LogP contribution in [0.15, 0.2) is 0 Å². The van der Waals surface area contributed by atoms with Gasteiger partial charge in [0.2, 0.25) is 0 Å². The summed E-state index contributed by atoms with van der Waals surface area (Å²) in [6.45, 7) is 8.43. The Balaban J connectivity index is 2.59. The van der Waals surface area contributed by atoms with Crippen molar-refractivity contribution in [3.63, 3.8) is 0 Å². The molecule has 18 heavy (non-hydrogen) atoms. The number of nitrogens with zero attached hydrogens (tertiary/aromatic N) is 1. The summed E-state index contributed by atoms with van der Waals surface area (Å²) in [6, 6.07) is 1.21. The molecule has 108 valence electrons. The molecule has 1 rings (SSSR count). The van der Waals surface area contributed by atoms with Gasteiger partial charge < -0.3 is 5.32 Å². The molecule has 1 aliphatic rings. The molecule has 1 aliphatic heterocycles. The lowest BCUT2D eigenvalue weighted by Crippen LogP contribution is -2.47. The molecule has 0 amide bonds. The summed E-state index contributed by atoms with van der Waals surface area (Å²) in [5.74, 6) is 0.269. The topological polar surface area (TPSA) is 49.4 Å². The third-order valence-corrected chi connectivity index (χ3v) is 4.88. The third kappa shape index (κ3) is 5.67. The second-order valence-electron chi connectivity index (χ2n) is 5.73. The van der Waals surface area contributed by atoms with Crippen molar-refractivity contribution in [2.75, 3.05) is 25.1 Å². The maximum Gasteiger partial charge on any atom is 0.148 e. The van der Waals surface area contributed by atoms with Crippen LogP contribution in [0.5, 0.6) is 0 Å². The van der Waals surface area contributed by atoms with E-state index in [4.69, 9.17) is 0 Å². The first-order chi connectivity index (χ1) is 8.31. The van der Waals surface area contributed by atoms with Crippen LogP contribution in [-0.2, 0) is 9.84 Å². The smallest absolute Gasteiger partial charge is 0.148 e. The molecule has 4 nitrogen and oxygen atoms in total. The molecule has 5 heteroatoms. The van der Waals surface area contributed by atoms with E-state index in [1.54, 1.807) is 0 Å². The van der Waals surface area contributed by atoms with Crippen molar-refractivity contribution in [1.29, 1.82) is 0 Å². The Hall–Kier alpha value is -0.130. The molecule has 0 radical (unpaired) electrons. The Kier molecular flexibility index (Phi) is 6.08. The van der Waals surface area contributed by atoms with Gasteiger partial charge in [-0.25, -0.2) is 8.42 Å². The molecule has 0 aromatic rings. The Morgan fingerprint density at radius 2 is 1.94 bits per heavy atom. The van der Waals surface area contributed by atoms with Gasteiger partial charge in [0.1, 0.15) is 9.84 Å². The van der Waals surface area contributed by atoms with E-state index in [0.717, 1.165) is 32.4 Å². The van der Waals surface area contributed by atoms with Gasteiger partial charge >= 0.3 is 0 Å². The van der Waals surface area contributed by atoms with Gasteiger partial charge in [0, 0.05) is 24.4 Å². The Bertz CT molecular complexity index is 343. The fraction of sp³-hybridized carbons (Fsp3) is 1.00. The van der Waals surface area contributed by atoms with Gasteiger partial charge in [-0.2, -0.15) is 0 Å². The zero-order valence-electron chi connectivity index (χ0n) is 12.1. The summed E-state index contributed by atoms with van der Waals surface area (Å²) in [4.78, 5) is 2.33. The molecule has 0 saturated carbocycles. The van der Waals surface area contributed by atoms with Crippen LogP contribution < -0.4 is 5.32 Å². The molecule has 1 saturated heterocycles.